The number of hydrogen-bond donors (Lipinski definition) is 3. The predicted molar refractivity (Wildman–Crippen MR) is 110 cm³/mol. The maximum atomic E-state index is 11.2. The minimum absolute atomic E-state index is 0.106. The highest BCUT2D eigenvalue weighted by molar-refractivity contribution is 5.89. The van der Waals surface area contributed by atoms with Gasteiger partial charge in [0.25, 0.3) is 0 Å². The van der Waals surface area contributed by atoms with E-state index in [9.17, 15) is 4.79 Å². The highest BCUT2D eigenvalue weighted by atomic mass is 16.1. The van der Waals surface area contributed by atoms with Crippen LogP contribution in [0.2, 0.25) is 0 Å². The van der Waals surface area contributed by atoms with Gasteiger partial charge in [0.1, 0.15) is 17.5 Å². The highest BCUT2D eigenvalue weighted by Crippen LogP contribution is 2.22. The molecule has 0 aliphatic heterocycles. The molecule has 1 amide bonds. The number of rotatable bonds is 6. The van der Waals surface area contributed by atoms with Crippen molar-refractivity contribution in [3.8, 4) is 0 Å². The maximum absolute atomic E-state index is 11.2. The highest BCUT2D eigenvalue weighted by Gasteiger charge is 2.05. The summed E-state index contributed by atoms with van der Waals surface area (Å²) >= 11 is 0. The minimum Gasteiger partial charge on any atom is -0.340 e. The number of hydrogen-bond acceptors (Lipinski definition) is 5. The monoisotopic (exact) mass is 361 g/mol. The van der Waals surface area contributed by atoms with Crippen LogP contribution in [0, 0.1) is 6.92 Å². The lowest BCUT2D eigenvalue weighted by Crippen LogP contribution is -2.06. The van der Waals surface area contributed by atoms with E-state index in [1.165, 1.54) is 12.5 Å². The first-order valence-electron chi connectivity index (χ1n) is 8.88. The molecule has 0 unspecified atom stereocenters. The Balaban J connectivity index is 1.77. The van der Waals surface area contributed by atoms with Gasteiger partial charge in [0.05, 0.1) is 0 Å². The Morgan fingerprint density at radius 2 is 1.52 bits per heavy atom. The first-order valence-corrected chi connectivity index (χ1v) is 8.88. The Bertz CT molecular complexity index is 938. The molecule has 0 saturated heterocycles. The number of aromatic nitrogens is 2. The predicted octanol–water partition coefficient (Wildman–Crippen LogP) is 4.79. The van der Waals surface area contributed by atoms with Crippen LogP contribution in [0.4, 0.5) is 28.7 Å². The Hall–Kier alpha value is -3.41. The van der Waals surface area contributed by atoms with Crippen molar-refractivity contribution >= 4 is 34.6 Å². The van der Waals surface area contributed by atoms with Crippen molar-refractivity contribution in [2.24, 2.45) is 0 Å². The second kappa shape index (κ2) is 8.31. The first-order chi connectivity index (χ1) is 13.0. The normalized spacial score (nSPS) is 10.3. The molecule has 0 aliphatic rings. The molecular weight excluding hydrogens is 338 g/mol. The SMILES string of the molecule is CCc1ccc(Nc2cc(Nc3cccc(NC(C)=O)c3)nc(C)n2)cc1. The van der Waals surface area contributed by atoms with Gasteiger partial charge in [0.15, 0.2) is 0 Å². The summed E-state index contributed by atoms with van der Waals surface area (Å²) in [4.78, 5) is 20.1. The molecule has 2 aromatic carbocycles. The van der Waals surface area contributed by atoms with Crippen molar-refractivity contribution < 1.29 is 4.79 Å². The van der Waals surface area contributed by atoms with Gasteiger partial charge in [0, 0.05) is 30.1 Å². The molecule has 3 rings (SSSR count). The van der Waals surface area contributed by atoms with E-state index in [1.807, 2.05) is 49.4 Å². The molecule has 138 valence electrons. The van der Waals surface area contributed by atoms with Crippen molar-refractivity contribution in [2.75, 3.05) is 16.0 Å². The molecule has 0 radical (unpaired) electrons. The van der Waals surface area contributed by atoms with E-state index in [-0.39, 0.29) is 5.91 Å². The van der Waals surface area contributed by atoms with Gasteiger partial charge in [-0.2, -0.15) is 0 Å². The molecule has 0 bridgehead atoms. The number of carbonyl (C=O) groups excluding carboxylic acids is 1. The third-order valence-electron chi connectivity index (χ3n) is 3.93. The molecule has 3 aromatic rings. The summed E-state index contributed by atoms with van der Waals surface area (Å²) in [6.07, 6.45) is 1.01. The number of nitrogens with one attached hydrogen (secondary N) is 3. The van der Waals surface area contributed by atoms with Gasteiger partial charge < -0.3 is 16.0 Å². The van der Waals surface area contributed by atoms with Crippen molar-refractivity contribution in [1.82, 2.24) is 9.97 Å². The van der Waals surface area contributed by atoms with Gasteiger partial charge in [-0.25, -0.2) is 9.97 Å². The van der Waals surface area contributed by atoms with E-state index in [0.29, 0.717) is 17.5 Å². The Labute approximate surface area is 159 Å². The topological polar surface area (TPSA) is 78.9 Å². The van der Waals surface area contributed by atoms with Crippen molar-refractivity contribution in [2.45, 2.75) is 27.2 Å². The lowest BCUT2D eigenvalue weighted by Gasteiger charge is -2.11. The van der Waals surface area contributed by atoms with E-state index < -0.39 is 0 Å². The van der Waals surface area contributed by atoms with E-state index in [1.54, 1.807) is 0 Å². The molecule has 0 fully saturated rings. The van der Waals surface area contributed by atoms with Gasteiger partial charge in [-0.1, -0.05) is 25.1 Å². The van der Waals surface area contributed by atoms with Crippen molar-refractivity contribution in [3.05, 3.63) is 66.0 Å². The van der Waals surface area contributed by atoms with Crippen molar-refractivity contribution in [1.29, 1.82) is 0 Å². The van der Waals surface area contributed by atoms with Crippen LogP contribution in [0.5, 0.6) is 0 Å². The number of amides is 1. The molecule has 0 spiro atoms. The summed E-state index contributed by atoms with van der Waals surface area (Å²) in [7, 11) is 0. The summed E-state index contributed by atoms with van der Waals surface area (Å²) in [5.74, 6) is 1.94. The third kappa shape index (κ3) is 5.28. The molecule has 0 saturated carbocycles. The lowest BCUT2D eigenvalue weighted by molar-refractivity contribution is -0.114. The smallest absolute Gasteiger partial charge is 0.221 e. The van der Waals surface area contributed by atoms with Crippen LogP contribution in [-0.2, 0) is 11.2 Å². The summed E-state index contributed by atoms with van der Waals surface area (Å²) in [6.45, 7) is 5.47. The average molecular weight is 361 g/mol. The molecule has 6 heteroatoms. The van der Waals surface area contributed by atoms with Gasteiger partial charge in [-0.3, -0.25) is 4.79 Å². The van der Waals surface area contributed by atoms with Crippen LogP contribution in [0.1, 0.15) is 25.2 Å². The molecule has 1 heterocycles. The number of nitrogens with zero attached hydrogens (tertiary/aromatic N) is 2. The minimum atomic E-state index is -0.106. The van der Waals surface area contributed by atoms with Crippen LogP contribution >= 0.6 is 0 Å². The average Bonchev–Trinajstić information content (AvgIpc) is 2.61. The number of carbonyl (C=O) groups is 1. The van der Waals surface area contributed by atoms with Crippen LogP contribution in [-0.4, -0.2) is 15.9 Å². The van der Waals surface area contributed by atoms with Gasteiger partial charge >= 0.3 is 0 Å². The van der Waals surface area contributed by atoms with Gasteiger partial charge in [-0.15, -0.1) is 0 Å². The van der Waals surface area contributed by atoms with Crippen LogP contribution in [0.25, 0.3) is 0 Å². The fraction of sp³-hybridized carbons (Fsp3) is 0.190. The molecule has 3 N–H and O–H groups in total. The lowest BCUT2D eigenvalue weighted by atomic mass is 10.1. The second-order valence-electron chi connectivity index (χ2n) is 6.25. The van der Waals surface area contributed by atoms with Crippen LogP contribution in [0.3, 0.4) is 0 Å². The first kappa shape index (κ1) is 18.4. The van der Waals surface area contributed by atoms with Crippen LogP contribution < -0.4 is 16.0 Å². The van der Waals surface area contributed by atoms with Gasteiger partial charge in [-0.05, 0) is 49.2 Å². The molecule has 0 atom stereocenters. The van der Waals surface area contributed by atoms with Crippen molar-refractivity contribution in [3.63, 3.8) is 0 Å². The Kier molecular flexibility index (Phi) is 5.66. The van der Waals surface area contributed by atoms with Crippen LogP contribution in [0.15, 0.2) is 54.6 Å². The Morgan fingerprint density at radius 1 is 0.889 bits per heavy atom. The third-order valence-corrected chi connectivity index (χ3v) is 3.93. The number of benzene rings is 2. The summed E-state index contributed by atoms with van der Waals surface area (Å²) < 4.78 is 0. The molecule has 6 nitrogen and oxygen atoms in total. The fourth-order valence-corrected chi connectivity index (χ4v) is 2.69. The zero-order valence-electron chi connectivity index (χ0n) is 15.7. The summed E-state index contributed by atoms with van der Waals surface area (Å²) in [5, 5.41) is 9.34. The van der Waals surface area contributed by atoms with Gasteiger partial charge in [0.2, 0.25) is 5.91 Å². The summed E-state index contributed by atoms with van der Waals surface area (Å²) in [6, 6.07) is 17.6. The quantitative estimate of drug-likeness (QED) is 0.588. The maximum Gasteiger partial charge on any atom is 0.221 e. The standard InChI is InChI=1S/C21H23N5O/c1-4-16-8-10-17(11-9-16)25-20-13-21(23-14(2)22-20)26-19-7-5-6-18(12-19)24-15(3)27/h5-13H,4H2,1-3H3,(H,24,27)(H2,22,23,25,26). The summed E-state index contributed by atoms with van der Waals surface area (Å²) in [5.41, 5.74) is 3.83. The van der Waals surface area contributed by atoms with E-state index in [4.69, 9.17) is 0 Å². The second-order valence-corrected chi connectivity index (χ2v) is 6.25. The zero-order valence-corrected chi connectivity index (χ0v) is 15.7. The van der Waals surface area contributed by atoms with E-state index in [0.717, 1.165) is 23.5 Å². The van der Waals surface area contributed by atoms with E-state index in [2.05, 4.69) is 45.0 Å². The number of aryl methyl sites for hydroxylation is 2. The largest absolute Gasteiger partial charge is 0.340 e. The molecule has 1 aromatic heterocycles. The molecule has 27 heavy (non-hydrogen) atoms. The Morgan fingerprint density at radius 3 is 2.15 bits per heavy atom. The fourth-order valence-electron chi connectivity index (χ4n) is 2.69. The zero-order chi connectivity index (χ0) is 19.2. The number of anilines is 5. The molecular formula is C21H23N5O. The molecule has 0 aliphatic carbocycles. The van der Waals surface area contributed by atoms with E-state index >= 15 is 0 Å².